The van der Waals surface area contributed by atoms with Gasteiger partial charge in [0.15, 0.2) is 6.10 Å². The van der Waals surface area contributed by atoms with Crippen LogP contribution in [0.2, 0.25) is 0 Å². The molecule has 3 N–H and O–H groups in total. The summed E-state index contributed by atoms with van der Waals surface area (Å²) in [6.07, 6.45) is -0.615. The number of aryl methyl sites for hydroxylation is 1. The van der Waals surface area contributed by atoms with Gasteiger partial charge in [-0.25, -0.2) is 0 Å². The highest BCUT2D eigenvalue weighted by Crippen LogP contribution is 2.25. The van der Waals surface area contributed by atoms with Crippen molar-refractivity contribution in [1.82, 2.24) is 0 Å². The van der Waals surface area contributed by atoms with E-state index >= 15 is 0 Å². The van der Waals surface area contributed by atoms with Crippen LogP contribution in [0.1, 0.15) is 37.8 Å². The van der Waals surface area contributed by atoms with Gasteiger partial charge in [0, 0.05) is 0 Å². The number of nitrogen functional groups attached to an aromatic ring is 1. The summed E-state index contributed by atoms with van der Waals surface area (Å²) in [5, 5.41) is 2.80. The fourth-order valence-electron chi connectivity index (χ4n) is 2.19. The molecule has 0 aliphatic carbocycles. The van der Waals surface area contributed by atoms with Gasteiger partial charge in [0.1, 0.15) is 5.75 Å². The highest BCUT2D eigenvalue weighted by Gasteiger charge is 2.17. The lowest BCUT2D eigenvalue weighted by Gasteiger charge is -2.18. The van der Waals surface area contributed by atoms with Gasteiger partial charge in [-0.2, -0.15) is 0 Å². The molecular formula is C19H24N2O2. The van der Waals surface area contributed by atoms with E-state index in [-0.39, 0.29) is 5.91 Å². The van der Waals surface area contributed by atoms with Crippen LogP contribution in [0, 0.1) is 6.92 Å². The number of carbonyl (C=O) groups excluding carboxylic acids is 1. The van der Waals surface area contributed by atoms with E-state index in [1.807, 2.05) is 31.2 Å². The van der Waals surface area contributed by atoms with Crippen molar-refractivity contribution in [1.29, 1.82) is 0 Å². The number of nitrogens with one attached hydrogen (secondary N) is 1. The van der Waals surface area contributed by atoms with E-state index < -0.39 is 6.10 Å². The van der Waals surface area contributed by atoms with E-state index in [1.165, 1.54) is 5.56 Å². The van der Waals surface area contributed by atoms with Gasteiger partial charge in [0.2, 0.25) is 0 Å². The standard InChI is InChI=1S/C19H24N2O2/c1-12(2)15-10-9-13(3)18(11-15)23-14(4)19(22)21-17-8-6-5-7-16(17)20/h5-12,14H,20H2,1-4H3,(H,21,22). The Morgan fingerprint density at radius 2 is 1.83 bits per heavy atom. The average Bonchev–Trinajstić information content (AvgIpc) is 2.51. The zero-order valence-corrected chi connectivity index (χ0v) is 14.1. The first-order chi connectivity index (χ1) is 10.9. The molecule has 4 nitrogen and oxygen atoms in total. The molecule has 0 saturated carbocycles. The van der Waals surface area contributed by atoms with Gasteiger partial charge >= 0.3 is 0 Å². The summed E-state index contributed by atoms with van der Waals surface area (Å²) in [6.45, 7) is 7.96. The zero-order valence-electron chi connectivity index (χ0n) is 14.1. The Bertz CT molecular complexity index is 696. The van der Waals surface area contributed by atoms with E-state index in [4.69, 9.17) is 10.5 Å². The van der Waals surface area contributed by atoms with Crippen LogP contribution in [0.15, 0.2) is 42.5 Å². The Kier molecular flexibility index (Phi) is 5.27. The number of benzene rings is 2. The summed E-state index contributed by atoms with van der Waals surface area (Å²) in [7, 11) is 0. The summed E-state index contributed by atoms with van der Waals surface area (Å²) in [4.78, 5) is 12.3. The Morgan fingerprint density at radius 1 is 1.13 bits per heavy atom. The number of amides is 1. The van der Waals surface area contributed by atoms with Crippen LogP contribution in [-0.2, 0) is 4.79 Å². The molecule has 2 aromatic rings. The first kappa shape index (κ1) is 16.9. The number of para-hydroxylation sites is 2. The number of rotatable bonds is 5. The van der Waals surface area contributed by atoms with Gasteiger partial charge < -0.3 is 15.8 Å². The lowest BCUT2D eigenvalue weighted by atomic mass is 10.0. The second kappa shape index (κ2) is 7.18. The number of hydrogen-bond donors (Lipinski definition) is 2. The first-order valence-corrected chi connectivity index (χ1v) is 7.81. The van der Waals surface area contributed by atoms with Crippen molar-refractivity contribution < 1.29 is 9.53 Å². The van der Waals surface area contributed by atoms with Gasteiger partial charge in [-0.15, -0.1) is 0 Å². The summed E-state index contributed by atoms with van der Waals surface area (Å²) in [5.41, 5.74) is 9.17. The summed E-state index contributed by atoms with van der Waals surface area (Å²) < 4.78 is 5.86. The molecule has 2 rings (SSSR count). The Labute approximate surface area is 137 Å². The molecule has 0 radical (unpaired) electrons. The highest BCUT2D eigenvalue weighted by atomic mass is 16.5. The van der Waals surface area contributed by atoms with E-state index in [0.29, 0.717) is 17.3 Å². The van der Waals surface area contributed by atoms with Crippen molar-refractivity contribution in [2.24, 2.45) is 0 Å². The smallest absolute Gasteiger partial charge is 0.265 e. The van der Waals surface area contributed by atoms with Crippen LogP contribution >= 0.6 is 0 Å². The van der Waals surface area contributed by atoms with E-state index in [2.05, 4.69) is 25.2 Å². The van der Waals surface area contributed by atoms with Crippen molar-refractivity contribution in [2.45, 2.75) is 39.7 Å². The minimum atomic E-state index is -0.615. The van der Waals surface area contributed by atoms with E-state index in [9.17, 15) is 4.79 Å². The van der Waals surface area contributed by atoms with Crippen molar-refractivity contribution in [3.63, 3.8) is 0 Å². The lowest BCUT2D eigenvalue weighted by Crippen LogP contribution is -2.30. The number of hydrogen-bond acceptors (Lipinski definition) is 3. The molecule has 0 aliphatic rings. The predicted molar refractivity (Wildman–Crippen MR) is 94.8 cm³/mol. The monoisotopic (exact) mass is 312 g/mol. The third-order valence-corrected chi connectivity index (χ3v) is 3.77. The molecule has 0 saturated heterocycles. The zero-order chi connectivity index (χ0) is 17.0. The molecule has 0 bridgehead atoms. The van der Waals surface area contributed by atoms with Crippen LogP contribution in [0.5, 0.6) is 5.75 Å². The second-order valence-corrected chi connectivity index (χ2v) is 6.02. The Hall–Kier alpha value is -2.49. The molecule has 0 aliphatic heterocycles. The molecule has 0 spiro atoms. The number of carbonyl (C=O) groups is 1. The fraction of sp³-hybridized carbons (Fsp3) is 0.316. The van der Waals surface area contributed by atoms with Crippen molar-refractivity contribution in [2.75, 3.05) is 11.1 Å². The van der Waals surface area contributed by atoms with Gasteiger partial charge in [-0.1, -0.05) is 38.1 Å². The maximum absolute atomic E-state index is 12.3. The van der Waals surface area contributed by atoms with Crippen molar-refractivity contribution in [3.8, 4) is 5.75 Å². The molecule has 0 aromatic heterocycles. The minimum absolute atomic E-state index is 0.225. The largest absolute Gasteiger partial charge is 0.481 e. The third-order valence-electron chi connectivity index (χ3n) is 3.77. The summed E-state index contributed by atoms with van der Waals surface area (Å²) in [6, 6.07) is 13.3. The Morgan fingerprint density at radius 3 is 2.48 bits per heavy atom. The molecule has 122 valence electrons. The summed E-state index contributed by atoms with van der Waals surface area (Å²) in [5.74, 6) is 0.920. The summed E-state index contributed by atoms with van der Waals surface area (Å²) >= 11 is 0. The topological polar surface area (TPSA) is 64.3 Å². The average molecular weight is 312 g/mol. The van der Waals surface area contributed by atoms with Crippen molar-refractivity contribution >= 4 is 17.3 Å². The second-order valence-electron chi connectivity index (χ2n) is 6.02. The first-order valence-electron chi connectivity index (χ1n) is 7.81. The molecule has 1 atom stereocenters. The van der Waals surface area contributed by atoms with Crippen molar-refractivity contribution in [3.05, 3.63) is 53.6 Å². The van der Waals surface area contributed by atoms with E-state index in [1.54, 1.807) is 19.1 Å². The molecule has 0 heterocycles. The maximum Gasteiger partial charge on any atom is 0.265 e. The lowest BCUT2D eigenvalue weighted by molar-refractivity contribution is -0.122. The van der Waals surface area contributed by atoms with Gasteiger partial charge in [-0.3, -0.25) is 4.79 Å². The maximum atomic E-state index is 12.3. The molecule has 1 unspecified atom stereocenters. The molecule has 23 heavy (non-hydrogen) atoms. The molecule has 0 fully saturated rings. The quantitative estimate of drug-likeness (QED) is 0.817. The van der Waals surface area contributed by atoms with Gasteiger partial charge in [0.25, 0.3) is 5.91 Å². The molecule has 1 amide bonds. The number of anilines is 2. The van der Waals surface area contributed by atoms with Crippen LogP contribution in [0.4, 0.5) is 11.4 Å². The third kappa shape index (κ3) is 4.25. The predicted octanol–water partition coefficient (Wildman–Crippen LogP) is 4.11. The molecule has 2 aromatic carbocycles. The SMILES string of the molecule is Cc1ccc(C(C)C)cc1OC(C)C(=O)Nc1ccccc1N. The van der Waals surface area contributed by atoms with Gasteiger partial charge in [0.05, 0.1) is 11.4 Å². The van der Waals surface area contributed by atoms with Crippen LogP contribution in [-0.4, -0.2) is 12.0 Å². The van der Waals surface area contributed by atoms with Crippen LogP contribution in [0.25, 0.3) is 0 Å². The van der Waals surface area contributed by atoms with Crippen LogP contribution in [0.3, 0.4) is 0 Å². The van der Waals surface area contributed by atoms with Crippen LogP contribution < -0.4 is 15.8 Å². The normalized spacial score (nSPS) is 12.0. The Balaban J connectivity index is 2.09. The van der Waals surface area contributed by atoms with Gasteiger partial charge in [-0.05, 0) is 49.1 Å². The number of ether oxygens (including phenoxy) is 1. The molecular weight excluding hydrogens is 288 g/mol. The van der Waals surface area contributed by atoms with E-state index in [0.717, 1.165) is 11.3 Å². The highest BCUT2D eigenvalue weighted by molar-refractivity contribution is 5.96. The number of nitrogens with two attached hydrogens (primary N) is 1. The molecule has 4 heteroatoms. The minimum Gasteiger partial charge on any atom is -0.481 e. The fourth-order valence-corrected chi connectivity index (χ4v) is 2.19.